The number of benzene rings is 1. The van der Waals surface area contributed by atoms with E-state index in [9.17, 15) is 5.26 Å². The lowest BCUT2D eigenvalue weighted by Gasteiger charge is -2.50. The van der Waals surface area contributed by atoms with Crippen molar-refractivity contribution in [3.05, 3.63) is 65.5 Å². The van der Waals surface area contributed by atoms with Gasteiger partial charge in [-0.25, -0.2) is 0 Å². The van der Waals surface area contributed by atoms with Gasteiger partial charge in [-0.2, -0.15) is 5.26 Å². The van der Waals surface area contributed by atoms with E-state index in [0.717, 1.165) is 17.9 Å². The van der Waals surface area contributed by atoms with E-state index in [-0.39, 0.29) is 40.4 Å². The van der Waals surface area contributed by atoms with Crippen LogP contribution in [0.25, 0.3) is 0 Å². The minimum Gasteiger partial charge on any atom is -0.496 e. The zero-order valence-electron chi connectivity index (χ0n) is 33.1. The number of methoxy groups -OCH3 is 2. The summed E-state index contributed by atoms with van der Waals surface area (Å²) in [4.78, 5) is 0. The first kappa shape index (κ1) is 38.8. The Hall–Kier alpha value is -2.37. The van der Waals surface area contributed by atoms with Gasteiger partial charge in [-0.1, -0.05) is 78.3 Å². The number of nitriles is 1. The summed E-state index contributed by atoms with van der Waals surface area (Å²) in [5.41, 5.74) is 2.82. The Morgan fingerprint density at radius 2 is 1.74 bits per heavy atom. The monoisotopic (exact) mass is 703 g/mol. The highest BCUT2D eigenvalue weighted by Crippen LogP contribution is 2.69. The molecule has 6 rings (SSSR count). The average Bonchev–Trinajstić information content (AvgIpc) is 3.29. The zero-order chi connectivity index (χ0) is 36.8. The Bertz CT molecular complexity index is 1480. The number of fused-ring (bicyclic) bond motifs is 7. The van der Waals surface area contributed by atoms with Crippen LogP contribution in [0.15, 0.2) is 59.9 Å². The normalized spacial score (nSPS) is 35.9. The Morgan fingerprint density at radius 1 is 1.08 bits per heavy atom. The maximum absolute atomic E-state index is 11.2. The Kier molecular flexibility index (Phi) is 11.3. The molecule has 0 unspecified atom stereocenters. The second-order valence-corrected chi connectivity index (χ2v) is 22.9. The van der Waals surface area contributed by atoms with Crippen LogP contribution in [0.5, 0.6) is 5.75 Å². The van der Waals surface area contributed by atoms with E-state index >= 15 is 0 Å². The van der Waals surface area contributed by atoms with Crippen LogP contribution in [0, 0.1) is 57.7 Å². The summed E-state index contributed by atoms with van der Waals surface area (Å²) in [6.07, 6.45) is 7.95. The predicted molar refractivity (Wildman–Crippen MR) is 204 cm³/mol. The molecule has 2 fully saturated rings. The van der Waals surface area contributed by atoms with Gasteiger partial charge in [0.05, 0.1) is 24.4 Å². The molecule has 3 aliphatic carbocycles. The molecule has 0 saturated heterocycles. The molecule has 2 saturated carbocycles. The van der Waals surface area contributed by atoms with E-state index in [0.29, 0.717) is 49.2 Å². The van der Waals surface area contributed by atoms with Crippen LogP contribution < -0.4 is 4.74 Å². The Morgan fingerprint density at radius 3 is 2.32 bits per heavy atom. The molecule has 7 heteroatoms. The van der Waals surface area contributed by atoms with E-state index in [2.05, 4.69) is 118 Å². The maximum Gasteiger partial charge on any atom is 0.192 e. The molecule has 0 amide bonds. The van der Waals surface area contributed by atoms with Gasteiger partial charge in [-0.3, -0.25) is 0 Å². The standard InChI is InChI=1S/C43H65NO5Si/c1-14-42(8)25-29(4)36-35-38(42)39(47-20-19-34(45-10)46-11)31(26-44)23-33(49-50(12,13)41(5,6)7)22-30-15-17-32(18-16-30)48-40(35)37-28(3)21-27(2)24-43(36,37)9/h14-18,25,27-28,33-38,40H,1,19-24H2,2-13H3/t27-,28+,33-,35+,36+,37+,38+,40+,42+,43+/m1/s1. The van der Waals surface area contributed by atoms with Gasteiger partial charge < -0.3 is 23.4 Å². The van der Waals surface area contributed by atoms with Crippen molar-refractivity contribution in [3.63, 3.8) is 0 Å². The van der Waals surface area contributed by atoms with Crippen molar-refractivity contribution < 1.29 is 23.4 Å². The van der Waals surface area contributed by atoms with Crippen molar-refractivity contribution in [1.82, 2.24) is 0 Å². The van der Waals surface area contributed by atoms with E-state index in [4.69, 9.17) is 23.4 Å². The lowest BCUT2D eigenvalue weighted by molar-refractivity contribution is -0.114. The maximum atomic E-state index is 11.2. The zero-order valence-corrected chi connectivity index (χ0v) is 34.1. The first-order chi connectivity index (χ1) is 23.4. The lowest BCUT2D eigenvalue weighted by atomic mass is 9.54. The third-order valence-corrected chi connectivity index (χ3v) is 18.0. The molecule has 10 atom stereocenters. The van der Waals surface area contributed by atoms with E-state index in [1.807, 2.05) is 0 Å². The van der Waals surface area contributed by atoms with Crippen molar-refractivity contribution in [2.45, 2.75) is 124 Å². The van der Waals surface area contributed by atoms with Crippen LogP contribution in [-0.4, -0.2) is 47.6 Å². The molecular weight excluding hydrogens is 639 g/mol. The number of allylic oxidation sites excluding steroid dienone is 4. The van der Waals surface area contributed by atoms with E-state index in [1.165, 1.54) is 17.6 Å². The molecule has 5 aliphatic rings. The highest BCUT2D eigenvalue weighted by Gasteiger charge is 2.67. The molecule has 0 aromatic heterocycles. The molecular formula is C43H65NO5Si. The SMILES string of the molecule is C=C[C@@]1(C)C=C(C)[C@H]2[C@@H]3[C@H](Oc4ccc(cc4)C[C@@H](O[Si](C)(C)C(C)(C)C)CC(C#N)=C(OCCC(OC)OC)[C@H]31)[C@@H]1[C@@H](C)C[C@@H](C)C[C@]12C. The first-order valence-electron chi connectivity index (χ1n) is 19.0. The molecule has 50 heavy (non-hydrogen) atoms. The van der Waals surface area contributed by atoms with Crippen molar-refractivity contribution in [3.8, 4) is 11.8 Å². The third-order valence-electron chi connectivity index (χ3n) is 13.5. The fourth-order valence-electron chi connectivity index (χ4n) is 10.7. The summed E-state index contributed by atoms with van der Waals surface area (Å²) in [7, 11) is 1.11. The van der Waals surface area contributed by atoms with Crippen LogP contribution >= 0.6 is 0 Å². The molecule has 2 heterocycles. The quantitative estimate of drug-likeness (QED) is 0.145. The summed E-state index contributed by atoms with van der Waals surface area (Å²) >= 11 is 0. The van der Waals surface area contributed by atoms with Gasteiger partial charge >= 0.3 is 0 Å². The third kappa shape index (κ3) is 7.16. The molecule has 1 aromatic carbocycles. The van der Waals surface area contributed by atoms with Crippen LogP contribution in [0.1, 0.15) is 86.6 Å². The minimum atomic E-state index is -2.20. The number of nitrogens with zero attached hydrogens (tertiary/aromatic N) is 1. The van der Waals surface area contributed by atoms with Crippen molar-refractivity contribution in [2.24, 2.45) is 46.3 Å². The van der Waals surface area contributed by atoms with Gasteiger partial charge in [0.15, 0.2) is 14.6 Å². The molecule has 1 aromatic rings. The second kappa shape index (κ2) is 14.6. The van der Waals surface area contributed by atoms with E-state index < -0.39 is 20.0 Å². The van der Waals surface area contributed by atoms with Crippen LogP contribution in [0.2, 0.25) is 18.1 Å². The molecule has 0 radical (unpaired) electrons. The van der Waals surface area contributed by atoms with Gasteiger partial charge in [-0.05, 0) is 85.2 Å². The van der Waals surface area contributed by atoms with Gasteiger partial charge in [0, 0.05) is 50.2 Å². The van der Waals surface area contributed by atoms with Crippen LogP contribution in [0.4, 0.5) is 0 Å². The molecule has 6 nitrogen and oxygen atoms in total. The lowest BCUT2D eigenvalue weighted by Crippen LogP contribution is -2.46. The van der Waals surface area contributed by atoms with E-state index in [1.54, 1.807) is 14.2 Å². The molecule has 2 bridgehead atoms. The van der Waals surface area contributed by atoms with Crippen molar-refractivity contribution in [1.29, 1.82) is 5.26 Å². The molecule has 0 spiro atoms. The Balaban J connectivity index is 1.77. The highest BCUT2D eigenvalue weighted by molar-refractivity contribution is 6.74. The minimum absolute atomic E-state index is 0.0218. The number of hydrogen-bond acceptors (Lipinski definition) is 6. The van der Waals surface area contributed by atoms with Crippen LogP contribution in [0.3, 0.4) is 0 Å². The number of ether oxygens (including phenoxy) is 4. The summed E-state index contributed by atoms with van der Waals surface area (Å²) in [6.45, 7) is 28.2. The fraction of sp³-hybridized carbons (Fsp3) is 0.698. The fourth-order valence-corrected chi connectivity index (χ4v) is 12.0. The average molecular weight is 704 g/mol. The second-order valence-electron chi connectivity index (χ2n) is 18.2. The number of rotatable bonds is 9. The molecule has 0 N–H and O–H groups in total. The summed E-state index contributed by atoms with van der Waals surface area (Å²) in [6, 6.07) is 11.4. The molecule has 276 valence electrons. The summed E-state index contributed by atoms with van der Waals surface area (Å²) in [5, 5.41) is 11.2. The largest absolute Gasteiger partial charge is 0.496 e. The smallest absolute Gasteiger partial charge is 0.192 e. The van der Waals surface area contributed by atoms with Crippen LogP contribution in [-0.2, 0) is 25.1 Å². The summed E-state index contributed by atoms with van der Waals surface area (Å²) < 4.78 is 32.7. The predicted octanol–water partition coefficient (Wildman–Crippen LogP) is 10.3. The Labute approximate surface area is 304 Å². The van der Waals surface area contributed by atoms with Gasteiger partial charge in [0.25, 0.3) is 0 Å². The first-order valence-corrected chi connectivity index (χ1v) is 21.9. The molecule has 2 aliphatic heterocycles. The summed E-state index contributed by atoms with van der Waals surface area (Å²) in [5.74, 6) is 3.34. The van der Waals surface area contributed by atoms with Gasteiger partial charge in [0.2, 0.25) is 0 Å². The van der Waals surface area contributed by atoms with Gasteiger partial charge in [0.1, 0.15) is 17.6 Å². The number of hydrogen-bond donors (Lipinski definition) is 0. The van der Waals surface area contributed by atoms with Crippen molar-refractivity contribution >= 4 is 8.32 Å². The van der Waals surface area contributed by atoms with Gasteiger partial charge in [-0.15, -0.1) is 6.58 Å². The topological polar surface area (TPSA) is 69.9 Å². The van der Waals surface area contributed by atoms with Crippen molar-refractivity contribution in [2.75, 3.05) is 20.8 Å². The highest BCUT2D eigenvalue weighted by atomic mass is 28.4.